The van der Waals surface area contributed by atoms with Crippen molar-refractivity contribution in [2.75, 3.05) is 6.61 Å². The van der Waals surface area contributed by atoms with Crippen LogP contribution in [0.25, 0.3) is 0 Å². The molecule has 108 valence electrons. The molecule has 0 spiro atoms. The van der Waals surface area contributed by atoms with Crippen molar-refractivity contribution in [3.05, 3.63) is 11.6 Å². The molecular weight excluding hydrogens is 236 g/mol. The largest absolute Gasteiger partial charge is 0.417 e. The SMILES string of the molecule is CC(C)=CCC[C@H](C)CCO[Si](C)(C)C(C)(C)C. The van der Waals surface area contributed by atoms with E-state index in [0.29, 0.717) is 5.04 Å². The molecule has 0 aliphatic rings. The molecule has 0 saturated heterocycles. The van der Waals surface area contributed by atoms with Crippen molar-refractivity contribution in [1.29, 1.82) is 0 Å². The van der Waals surface area contributed by atoms with E-state index in [0.717, 1.165) is 12.5 Å². The summed E-state index contributed by atoms with van der Waals surface area (Å²) in [5, 5.41) is 0.332. The molecule has 2 heteroatoms. The highest BCUT2D eigenvalue weighted by Gasteiger charge is 2.36. The lowest BCUT2D eigenvalue weighted by atomic mass is 10.0. The molecule has 0 fully saturated rings. The molecule has 0 unspecified atom stereocenters. The molecular formula is C16H34OSi. The third-order valence-electron chi connectivity index (χ3n) is 4.09. The minimum atomic E-state index is -1.53. The summed E-state index contributed by atoms with van der Waals surface area (Å²) in [5.74, 6) is 0.769. The Morgan fingerprint density at radius 1 is 1.17 bits per heavy atom. The molecule has 0 N–H and O–H groups in total. The first-order valence-corrected chi connectivity index (χ1v) is 10.2. The summed E-state index contributed by atoms with van der Waals surface area (Å²) >= 11 is 0. The molecule has 0 aromatic carbocycles. The van der Waals surface area contributed by atoms with E-state index in [1.165, 1.54) is 24.8 Å². The van der Waals surface area contributed by atoms with Gasteiger partial charge < -0.3 is 4.43 Å². The monoisotopic (exact) mass is 270 g/mol. The summed E-state index contributed by atoms with van der Waals surface area (Å²) < 4.78 is 6.22. The van der Waals surface area contributed by atoms with Gasteiger partial charge in [-0.1, -0.05) is 39.3 Å². The Labute approximate surface area is 116 Å². The molecule has 1 atom stereocenters. The zero-order valence-corrected chi connectivity index (χ0v) is 14.9. The van der Waals surface area contributed by atoms with Crippen molar-refractivity contribution in [2.24, 2.45) is 5.92 Å². The van der Waals surface area contributed by atoms with Gasteiger partial charge in [-0.2, -0.15) is 0 Å². The third-order valence-corrected chi connectivity index (χ3v) is 8.63. The summed E-state index contributed by atoms with van der Waals surface area (Å²) in [6.45, 7) is 19.2. The molecule has 0 aliphatic carbocycles. The molecule has 18 heavy (non-hydrogen) atoms. The first-order chi connectivity index (χ1) is 8.06. The first kappa shape index (κ1) is 17.9. The Kier molecular flexibility index (Phi) is 7.46. The maximum Gasteiger partial charge on any atom is 0.191 e. The normalized spacial score (nSPS) is 14.4. The Morgan fingerprint density at radius 2 is 1.72 bits per heavy atom. The highest BCUT2D eigenvalue weighted by Crippen LogP contribution is 2.36. The predicted octanol–water partition coefficient (Wildman–Crippen LogP) is 5.78. The van der Waals surface area contributed by atoms with Gasteiger partial charge in [-0.3, -0.25) is 0 Å². The number of hydrogen-bond acceptors (Lipinski definition) is 1. The van der Waals surface area contributed by atoms with Crippen LogP contribution in [0.3, 0.4) is 0 Å². The predicted molar refractivity (Wildman–Crippen MR) is 85.6 cm³/mol. The molecule has 0 aromatic rings. The lowest BCUT2D eigenvalue weighted by molar-refractivity contribution is 0.257. The van der Waals surface area contributed by atoms with Gasteiger partial charge in [0.2, 0.25) is 0 Å². The Balaban J connectivity index is 3.88. The van der Waals surface area contributed by atoms with Crippen LogP contribution >= 0.6 is 0 Å². The molecule has 0 amide bonds. The quantitative estimate of drug-likeness (QED) is 0.421. The Morgan fingerprint density at radius 3 is 2.17 bits per heavy atom. The molecule has 0 heterocycles. The van der Waals surface area contributed by atoms with Gasteiger partial charge >= 0.3 is 0 Å². The van der Waals surface area contributed by atoms with Gasteiger partial charge in [0, 0.05) is 6.61 Å². The Bertz CT molecular complexity index is 257. The summed E-state index contributed by atoms with van der Waals surface area (Å²) in [6.07, 6.45) is 6.03. The van der Waals surface area contributed by atoms with E-state index in [9.17, 15) is 0 Å². The van der Waals surface area contributed by atoms with Gasteiger partial charge in [0.1, 0.15) is 0 Å². The average Bonchev–Trinajstić information content (AvgIpc) is 2.14. The molecule has 0 saturated carbocycles. The van der Waals surface area contributed by atoms with E-state index in [2.05, 4.69) is 60.7 Å². The van der Waals surface area contributed by atoms with Crippen molar-refractivity contribution in [2.45, 2.75) is 78.9 Å². The molecule has 0 bridgehead atoms. The maximum atomic E-state index is 6.22. The number of allylic oxidation sites excluding steroid dienone is 2. The highest BCUT2D eigenvalue weighted by atomic mass is 28.4. The van der Waals surface area contributed by atoms with Crippen molar-refractivity contribution in [3.63, 3.8) is 0 Å². The lowest BCUT2D eigenvalue weighted by Crippen LogP contribution is -2.41. The van der Waals surface area contributed by atoms with E-state index >= 15 is 0 Å². The van der Waals surface area contributed by atoms with Crippen LogP contribution < -0.4 is 0 Å². The second-order valence-electron chi connectivity index (χ2n) is 7.36. The van der Waals surface area contributed by atoms with E-state index in [4.69, 9.17) is 4.43 Å². The van der Waals surface area contributed by atoms with Gasteiger partial charge in [-0.05, 0) is 57.2 Å². The lowest BCUT2D eigenvalue weighted by Gasteiger charge is -2.36. The molecule has 0 rings (SSSR count). The maximum absolute atomic E-state index is 6.22. The highest BCUT2D eigenvalue weighted by molar-refractivity contribution is 6.74. The average molecular weight is 271 g/mol. The molecule has 0 aliphatic heterocycles. The fraction of sp³-hybridized carbons (Fsp3) is 0.875. The smallest absolute Gasteiger partial charge is 0.191 e. The van der Waals surface area contributed by atoms with Crippen LogP contribution in [0.5, 0.6) is 0 Å². The number of hydrogen-bond donors (Lipinski definition) is 0. The van der Waals surface area contributed by atoms with Crippen molar-refractivity contribution >= 4 is 8.32 Å². The van der Waals surface area contributed by atoms with Crippen LogP contribution in [-0.4, -0.2) is 14.9 Å². The summed E-state index contributed by atoms with van der Waals surface area (Å²) in [6, 6.07) is 0. The molecule has 0 aromatic heterocycles. The van der Waals surface area contributed by atoms with Gasteiger partial charge in [-0.25, -0.2) is 0 Å². The zero-order valence-electron chi connectivity index (χ0n) is 13.9. The van der Waals surface area contributed by atoms with Crippen LogP contribution in [0.4, 0.5) is 0 Å². The van der Waals surface area contributed by atoms with Crippen LogP contribution in [0.1, 0.15) is 60.8 Å². The first-order valence-electron chi connectivity index (χ1n) is 7.33. The van der Waals surface area contributed by atoms with Crippen molar-refractivity contribution in [1.82, 2.24) is 0 Å². The van der Waals surface area contributed by atoms with Crippen LogP contribution in [0.2, 0.25) is 18.1 Å². The summed E-state index contributed by atoms with van der Waals surface area (Å²) in [5.41, 5.74) is 1.43. The minimum absolute atomic E-state index is 0.332. The van der Waals surface area contributed by atoms with Gasteiger partial charge in [-0.15, -0.1) is 0 Å². The van der Waals surface area contributed by atoms with E-state index in [1.807, 2.05) is 0 Å². The fourth-order valence-corrected chi connectivity index (χ4v) is 2.59. The van der Waals surface area contributed by atoms with Crippen LogP contribution in [0.15, 0.2) is 11.6 Å². The van der Waals surface area contributed by atoms with E-state index in [1.54, 1.807) is 0 Å². The van der Waals surface area contributed by atoms with E-state index < -0.39 is 8.32 Å². The molecule has 1 nitrogen and oxygen atoms in total. The molecule has 0 radical (unpaired) electrons. The van der Waals surface area contributed by atoms with Gasteiger partial charge in [0.05, 0.1) is 0 Å². The summed E-state index contributed by atoms with van der Waals surface area (Å²) in [4.78, 5) is 0. The van der Waals surface area contributed by atoms with Gasteiger partial charge in [0.15, 0.2) is 8.32 Å². The standard InChI is InChI=1S/C16H34OSi/c1-14(2)10-9-11-15(3)12-13-17-18(7,8)16(4,5)6/h10,15H,9,11-13H2,1-8H3/t15-/m0/s1. The minimum Gasteiger partial charge on any atom is -0.417 e. The second-order valence-corrected chi connectivity index (χ2v) is 12.2. The van der Waals surface area contributed by atoms with Crippen molar-refractivity contribution in [3.8, 4) is 0 Å². The van der Waals surface area contributed by atoms with Gasteiger partial charge in [0.25, 0.3) is 0 Å². The number of rotatable bonds is 7. The topological polar surface area (TPSA) is 9.23 Å². The van der Waals surface area contributed by atoms with E-state index in [-0.39, 0.29) is 0 Å². The second kappa shape index (κ2) is 7.49. The summed E-state index contributed by atoms with van der Waals surface area (Å²) in [7, 11) is -1.53. The Hall–Kier alpha value is -0.0831. The van der Waals surface area contributed by atoms with Crippen molar-refractivity contribution < 1.29 is 4.43 Å². The zero-order chi connectivity index (χ0) is 14.4. The third kappa shape index (κ3) is 7.37. The van der Waals surface area contributed by atoms with Crippen LogP contribution in [0, 0.1) is 5.92 Å². The van der Waals surface area contributed by atoms with Crippen LogP contribution in [-0.2, 0) is 4.43 Å². The fourth-order valence-electron chi connectivity index (χ4n) is 1.53.